The lowest BCUT2D eigenvalue weighted by Gasteiger charge is -2.07. The topological polar surface area (TPSA) is 39.2 Å². The summed E-state index contributed by atoms with van der Waals surface area (Å²) in [7, 11) is 0. The molecule has 19 heavy (non-hydrogen) atoms. The monoisotopic (exact) mass is 407 g/mol. The highest BCUT2D eigenvalue weighted by molar-refractivity contribution is 9.11. The summed E-state index contributed by atoms with van der Waals surface area (Å²) < 4.78 is 19.6. The third-order valence-electron chi connectivity index (χ3n) is 2.13. The number of carbonyl (C=O) groups is 1. The molecule has 0 atom stereocenters. The molecule has 0 bridgehead atoms. The quantitative estimate of drug-likeness (QED) is 0.537. The van der Waals surface area contributed by atoms with Crippen LogP contribution in [-0.4, -0.2) is 11.0 Å². The molecule has 0 fully saturated rings. The van der Waals surface area contributed by atoms with Crippen LogP contribution in [-0.2, 0) is 0 Å². The van der Waals surface area contributed by atoms with E-state index in [1.165, 1.54) is 12.1 Å². The van der Waals surface area contributed by atoms with Gasteiger partial charge in [0.25, 0.3) is 5.95 Å². The smallest absolute Gasteiger partial charge is 0.344 e. The van der Waals surface area contributed by atoms with Gasteiger partial charge >= 0.3 is 5.97 Å². The molecule has 0 saturated carbocycles. The van der Waals surface area contributed by atoms with Crippen LogP contribution in [0.15, 0.2) is 39.3 Å². The number of rotatable bonds is 2. The first-order valence-electron chi connectivity index (χ1n) is 4.96. The maximum Gasteiger partial charge on any atom is 0.344 e. The van der Waals surface area contributed by atoms with Crippen molar-refractivity contribution in [2.75, 3.05) is 0 Å². The normalized spacial score (nSPS) is 10.3. The summed E-state index contributed by atoms with van der Waals surface area (Å²) in [6, 6.07) is 7.58. The minimum Gasteiger partial charge on any atom is -0.418 e. The number of nitrogens with zero attached hydrogens (tertiary/aromatic N) is 1. The summed E-state index contributed by atoms with van der Waals surface area (Å²) in [4.78, 5) is 15.3. The fourth-order valence-electron chi connectivity index (χ4n) is 1.28. The molecular formula is C12H5Br2ClFNO2. The molecule has 0 aliphatic carbocycles. The summed E-state index contributed by atoms with van der Waals surface area (Å²) in [6.45, 7) is 0. The van der Waals surface area contributed by atoms with Gasteiger partial charge in [0.1, 0.15) is 5.15 Å². The Balaban J connectivity index is 2.28. The zero-order chi connectivity index (χ0) is 14.0. The summed E-state index contributed by atoms with van der Waals surface area (Å²) in [6.07, 6.45) is 0. The third-order valence-corrected chi connectivity index (χ3v) is 3.53. The first-order chi connectivity index (χ1) is 8.97. The van der Waals surface area contributed by atoms with Crippen LogP contribution in [0.4, 0.5) is 4.39 Å². The molecule has 3 nitrogen and oxygen atoms in total. The Morgan fingerprint density at radius 2 is 2.00 bits per heavy atom. The zero-order valence-electron chi connectivity index (χ0n) is 9.16. The largest absolute Gasteiger partial charge is 0.418 e. The maximum absolute atomic E-state index is 13.4. The highest BCUT2D eigenvalue weighted by Crippen LogP contribution is 2.24. The lowest BCUT2D eigenvalue weighted by atomic mass is 10.2. The lowest BCUT2D eigenvalue weighted by Crippen LogP contribution is -2.10. The predicted octanol–water partition coefficient (Wildman–Crippen LogP) is 4.62. The highest BCUT2D eigenvalue weighted by Gasteiger charge is 2.16. The average Bonchev–Trinajstić information content (AvgIpc) is 2.35. The van der Waals surface area contributed by atoms with Crippen LogP contribution in [0.5, 0.6) is 5.75 Å². The summed E-state index contributed by atoms with van der Waals surface area (Å²) in [5.74, 6) is -1.91. The molecule has 0 spiro atoms. The number of ether oxygens (including phenoxy) is 1. The molecule has 0 aliphatic rings. The summed E-state index contributed by atoms with van der Waals surface area (Å²) in [5.41, 5.74) is 0.267. The first kappa shape index (κ1) is 14.4. The minimum absolute atomic E-state index is 0.0130. The van der Waals surface area contributed by atoms with Crippen LogP contribution < -0.4 is 4.74 Å². The van der Waals surface area contributed by atoms with Crippen molar-refractivity contribution in [2.24, 2.45) is 0 Å². The van der Waals surface area contributed by atoms with Crippen molar-refractivity contribution in [3.05, 3.63) is 55.9 Å². The van der Waals surface area contributed by atoms with E-state index < -0.39 is 11.9 Å². The van der Waals surface area contributed by atoms with Crippen LogP contribution in [0.3, 0.4) is 0 Å². The molecule has 1 heterocycles. The lowest BCUT2D eigenvalue weighted by molar-refractivity contribution is 0.0725. The molecule has 0 unspecified atom stereocenters. The number of hydrogen-bond donors (Lipinski definition) is 0. The minimum atomic E-state index is -0.938. The van der Waals surface area contributed by atoms with E-state index in [0.717, 1.165) is 0 Å². The third kappa shape index (κ3) is 3.52. The molecule has 0 amide bonds. The predicted molar refractivity (Wildman–Crippen MR) is 76.0 cm³/mol. The second-order valence-electron chi connectivity index (χ2n) is 3.44. The Labute approximate surface area is 130 Å². The Morgan fingerprint density at radius 3 is 2.68 bits per heavy atom. The van der Waals surface area contributed by atoms with Gasteiger partial charge in [-0.2, -0.15) is 4.39 Å². The van der Waals surface area contributed by atoms with E-state index >= 15 is 0 Å². The van der Waals surface area contributed by atoms with Crippen molar-refractivity contribution < 1.29 is 13.9 Å². The van der Waals surface area contributed by atoms with Crippen LogP contribution >= 0.6 is 43.5 Å². The van der Waals surface area contributed by atoms with Crippen LogP contribution in [0, 0.1) is 5.95 Å². The van der Waals surface area contributed by atoms with Gasteiger partial charge in [-0.1, -0.05) is 27.5 Å². The van der Waals surface area contributed by atoms with Gasteiger partial charge in [-0.3, -0.25) is 0 Å². The Morgan fingerprint density at radius 1 is 1.26 bits per heavy atom. The van der Waals surface area contributed by atoms with E-state index in [0.29, 0.717) is 8.95 Å². The SMILES string of the molecule is O=C(Oc1ccc(Cl)nc1F)c1cc(Br)ccc1Br. The Kier molecular flexibility index (Phi) is 4.54. The number of carbonyl (C=O) groups excluding carboxylic acids is 1. The van der Waals surface area contributed by atoms with Crippen molar-refractivity contribution in [2.45, 2.75) is 0 Å². The zero-order valence-corrected chi connectivity index (χ0v) is 13.1. The van der Waals surface area contributed by atoms with Crippen molar-refractivity contribution in [3.63, 3.8) is 0 Å². The van der Waals surface area contributed by atoms with E-state index in [2.05, 4.69) is 36.8 Å². The van der Waals surface area contributed by atoms with E-state index in [-0.39, 0.29) is 16.5 Å². The van der Waals surface area contributed by atoms with Gasteiger partial charge < -0.3 is 4.74 Å². The molecular weight excluding hydrogens is 404 g/mol. The molecule has 98 valence electrons. The van der Waals surface area contributed by atoms with Gasteiger partial charge in [0, 0.05) is 8.95 Å². The molecule has 2 aromatic rings. The van der Waals surface area contributed by atoms with Gasteiger partial charge in [-0.25, -0.2) is 9.78 Å². The molecule has 7 heteroatoms. The Bertz CT molecular complexity index is 652. The van der Waals surface area contributed by atoms with Gasteiger partial charge in [0.15, 0.2) is 5.75 Å². The standard InChI is InChI=1S/C12H5Br2ClFNO2/c13-6-1-2-8(14)7(5-6)12(18)19-9-3-4-10(15)17-11(9)16/h1-5H. The summed E-state index contributed by atoms with van der Waals surface area (Å²) >= 11 is 12.0. The molecule has 2 rings (SSSR count). The van der Waals surface area contributed by atoms with Crippen molar-refractivity contribution in [1.29, 1.82) is 0 Å². The van der Waals surface area contributed by atoms with Crippen molar-refractivity contribution in [1.82, 2.24) is 4.98 Å². The summed E-state index contributed by atoms with van der Waals surface area (Å²) in [5, 5.41) is -0.0130. The Hall–Kier alpha value is -0.980. The number of benzene rings is 1. The van der Waals surface area contributed by atoms with E-state index in [9.17, 15) is 9.18 Å². The molecule has 1 aromatic carbocycles. The van der Waals surface area contributed by atoms with Crippen LogP contribution in [0.1, 0.15) is 10.4 Å². The number of aromatic nitrogens is 1. The molecule has 0 N–H and O–H groups in total. The van der Waals surface area contributed by atoms with Crippen LogP contribution in [0.2, 0.25) is 5.15 Å². The second-order valence-corrected chi connectivity index (χ2v) is 5.59. The molecule has 0 saturated heterocycles. The maximum atomic E-state index is 13.4. The van der Waals surface area contributed by atoms with Gasteiger partial charge in [-0.15, -0.1) is 0 Å². The van der Waals surface area contributed by atoms with Gasteiger partial charge in [0.05, 0.1) is 5.56 Å². The fourth-order valence-corrected chi connectivity index (χ4v) is 2.19. The molecule has 0 radical (unpaired) electrons. The van der Waals surface area contributed by atoms with Crippen molar-refractivity contribution in [3.8, 4) is 5.75 Å². The van der Waals surface area contributed by atoms with Gasteiger partial charge in [-0.05, 0) is 46.3 Å². The van der Waals surface area contributed by atoms with Gasteiger partial charge in [0.2, 0.25) is 0 Å². The number of esters is 1. The van der Waals surface area contributed by atoms with Crippen LogP contribution in [0.25, 0.3) is 0 Å². The molecule has 1 aromatic heterocycles. The fraction of sp³-hybridized carbons (Fsp3) is 0. The number of hydrogen-bond acceptors (Lipinski definition) is 3. The molecule has 0 aliphatic heterocycles. The van der Waals surface area contributed by atoms with E-state index in [1.54, 1.807) is 18.2 Å². The highest BCUT2D eigenvalue weighted by atomic mass is 79.9. The average molecular weight is 409 g/mol. The number of halogens is 4. The number of pyridine rings is 1. The second kappa shape index (κ2) is 5.98. The first-order valence-corrected chi connectivity index (χ1v) is 6.93. The van der Waals surface area contributed by atoms with E-state index in [4.69, 9.17) is 16.3 Å². The van der Waals surface area contributed by atoms with E-state index in [1.807, 2.05) is 0 Å². The van der Waals surface area contributed by atoms with Crippen molar-refractivity contribution >= 4 is 49.4 Å².